The summed E-state index contributed by atoms with van der Waals surface area (Å²) in [5.74, 6) is -1.47. The SMILES string of the molecule is CC(C)C(=O)Nc1ccc(Cl)c(C(=O)N2C(C(=O)O)CC3CCCCC32)c1. The van der Waals surface area contributed by atoms with E-state index < -0.39 is 12.0 Å². The van der Waals surface area contributed by atoms with Gasteiger partial charge in [0.05, 0.1) is 10.6 Å². The molecule has 3 atom stereocenters. The number of nitrogens with zero attached hydrogens (tertiary/aromatic N) is 1. The van der Waals surface area contributed by atoms with Gasteiger partial charge in [0.2, 0.25) is 5.91 Å². The number of carboxylic acid groups (broad SMARTS) is 1. The number of carbonyl (C=O) groups is 3. The molecule has 0 radical (unpaired) electrons. The molecule has 3 unspecified atom stereocenters. The Labute approximate surface area is 163 Å². The number of anilines is 1. The van der Waals surface area contributed by atoms with Gasteiger partial charge in [0.15, 0.2) is 0 Å². The van der Waals surface area contributed by atoms with Crippen LogP contribution in [0, 0.1) is 11.8 Å². The van der Waals surface area contributed by atoms with Gasteiger partial charge in [0, 0.05) is 17.6 Å². The van der Waals surface area contributed by atoms with Crippen molar-refractivity contribution in [3.8, 4) is 0 Å². The van der Waals surface area contributed by atoms with Crippen molar-refractivity contribution < 1.29 is 19.5 Å². The first kappa shape index (κ1) is 19.7. The highest BCUT2D eigenvalue weighted by atomic mass is 35.5. The van der Waals surface area contributed by atoms with Crippen LogP contribution < -0.4 is 5.32 Å². The average molecular weight is 393 g/mol. The van der Waals surface area contributed by atoms with Gasteiger partial charge in [0.25, 0.3) is 5.91 Å². The number of rotatable bonds is 4. The van der Waals surface area contributed by atoms with Crippen molar-refractivity contribution in [2.24, 2.45) is 11.8 Å². The fraction of sp³-hybridized carbons (Fsp3) is 0.550. The third-order valence-corrected chi connectivity index (χ3v) is 5.93. The predicted molar refractivity (Wildman–Crippen MR) is 103 cm³/mol. The van der Waals surface area contributed by atoms with Crippen molar-refractivity contribution in [3.05, 3.63) is 28.8 Å². The van der Waals surface area contributed by atoms with E-state index in [-0.39, 0.29) is 40.3 Å². The zero-order valence-corrected chi connectivity index (χ0v) is 16.3. The second kappa shape index (κ2) is 7.89. The summed E-state index contributed by atoms with van der Waals surface area (Å²) < 4.78 is 0. The van der Waals surface area contributed by atoms with Crippen LogP contribution in [0.3, 0.4) is 0 Å². The summed E-state index contributed by atoms with van der Waals surface area (Å²) in [6.07, 6.45) is 4.34. The third kappa shape index (κ3) is 3.95. The standard InChI is InChI=1S/C20H25ClN2O4/c1-11(2)18(24)22-13-7-8-15(21)14(10-13)19(25)23-16-6-4-3-5-12(16)9-17(23)20(26)27/h7-8,10-12,16-17H,3-6,9H2,1-2H3,(H,22,24)(H,26,27). The molecule has 3 rings (SSSR count). The Morgan fingerprint density at radius 2 is 1.93 bits per heavy atom. The molecular formula is C20H25ClN2O4. The summed E-state index contributed by atoms with van der Waals surface area (Å²) in [7, 11) is 0. The van der Waals surface area contributed by atoms with Gasteiger partial charge in [0.1, 0.15) is 6.04 Å². The Morgan fingerprint density at radius 1 is 1.22 bits per heavy atom. The number of halogens is 1. The minimum Gasteiger partial charge on any atom is -0.480 e. The number of nitrogens with one attached hydrogen (secondary N) is 1. The Hall–Kier alpha value is -2.08. The molecule has 0 aromatic heterocycles. The molecule has 0 spiro atoms. The number of aliphatic carboxylic acids is 1. The molecule has 146 valence electrons. The van der Waals surface area contributed by atoms with Crippen LogP contribution >= 0.6 is 11.6 Å². The number of benzene rings is 1. The van der Waals surface area contributed by atoms with Crippen LogP contribution in [0.1, 0.15) is 56.3 Å². The van der Waals surface area contributed by atoms with E-state index in [2.05, 4.69) is 5.32 Å². The van der Waals surface area contributed by atoms with Crippen LogP contribution in [-0.2, 0) is 9.59 Å². The number of hydrogen-bond donors (Lipinski definition) is 2. The van der Waals surface area contributed by atoms with Crippen molar-refractivity contribution in [2.45, 2.75) is 58.0 Å². The fourth-order valence-corrected chi connectivity index (χ4v) is 4.36. The number of likely N-dealkylation sites (tertiary alicyclic amines) is 1. The van der Waals surface area contributed by atoms with Crippen molar-refractivity contribution in [1.29, 1.82) is 0 Å². The summed E-state index contributed by atoms with van der Waals surface area (Å²) in [6.45, 7) is 3.56. The minimum absolute atomic E-state index is 0.0580. The van der Waals surface area contributed by atoms with Gasteiger partial charge in [-0.3, -0.25) is 9.59 Å². The molecule has 7 heteroatoms. The van der Waals surface area contributed by atoms with Crippen molar-refractivity contribution in [3.63, 3.8) is 0 Å². The third-order valence-electron chi connectivity index (χ3n) is 5.60. The Bertz CT molecular complexity index is 764. The molecule has 6 nitrogen and oxygen atoms in total. The van der Waals surface area contributed by atoms with E-state index in [0.717, 1.165) is 25.7 Å². The van der Waals surface area contributed by atoms with Crippen LogP contribution in [0.5, 0.6) is 0 Å². The van der Waals surface area contributed by atoms with Crippen LogP contribution in [0.25, 0.3) is 0 Å². The predicted octanol–water partition coefficient (Wildman–Crippen LogP) is 3.79. The lowest BCUT2D eigenvalue weighted by atomic mass is 9.84. The van der Waals surface area contributed by atoms with Crippen LogP contribution in [0.15, 0.2) is 18.2 Å². The molecule has 2 amide bonds. The highest BCUT2D eigenvalue weighted by Gasteiger charge is 2.48. The maximum Gasteiger partial charge on any atom is 0.326 e. The average Bonchev–Trinajstić information content (AvgIpc) is 3.02. The van der Waals surface area contributed by atoms with E-state index in [9.17, 15) is 19.5 Å². The Morgan fingerprint density at radius 3 is 2.59 bits per heavy atom. The lowest BCUT2D eigenvalue weighted by Crippen LogP contribution is -2.46. The first-order valence-electron chi connectivity index (χ1n) is 9.45. The number of fused-ring (bicyclic) bond motifs is 1. The number of hydrogen-bond acceptors (Lipinski definition) is 3. The van der Waals surface area contributed by atoms with E-state index in [0.29, 0.717) is 12.1 Å². The normalized spacial score (nSPS) is 24.6. The van der Waals surface area contributed by atoms with Gasteiger partial charge in [-0.25, -0.2) is 4.79 Å². The first-order chi connectivity index (χ1) is 12.8. The summed E-state index contributed by atoms with van der Waals surface area (Å²) >= 11 is 6.26. The Balaban J connectivity index is 1.91. The van der Waals surface area contributed by atoms with Crippen molar-refractivity contribution in [2.75, 3.05) is 5.32 Å². The smallest absolute Gasteiger partial charge is 0.326 e. The van der Waals surface area contributed by atoms with E-state index in [1.54, 1.807) is 32.0 Å². The molecule has 0 bridgehead atoms. The first-order valence-corrected chi connectivity index (χ1v) is 9.83. The summed E-state index contributed by atoms with van der Waals surface area (Å²) in [6, 6.07) is 3.86. The van der Waals surface area contributed by atoms with Gasteiger partial charge in [-0.05, 0) is 43.4 Å². The highest BCUT2D eigenvalue weighted by Crippen LogP contribution is 2.41. The molecule has 1 saturated heterocycles. The molecule has 1 heterocycles. The van der Waals surface area contributed by atoms with E-state index >= 15 is 0 Å². The van der Waals surface area contributed by atoms with Gasteiger partial charge in [-0.1, -0.05) is 38.3 Å². The van der Waals surface area contributed by atoms with Gasteiger partial charge < -0.3 is 15.3 Å². The second-order valence-corrected chi connectivity index (χ2v) is 8.16. The van der Waals surface area contributed by atoms with Crippen molar-refractivity contribution in [1.82, 2.24) is 4.90 Å². The molecule has 2 aliphatic rings. The molecule has 1 aliphatic carbocycles. The summed E-state index contributed by atoms with van der Waals surface area (Å²) in [5, 5.41) is 12.7. The number of carbonyl (C=O) groups excluding carboxylic acids is 2. The van der Waals surface area contributed by atoms with E-state index in [1.807, 2.05) is 0 Å². The summed E-state index contributed by atoms with van der Waals surface area (Å²) in [4.78, 5) is 38.5. The van der Waals surface area contributed by atoms with Gasteiger partial charge >= 0.3 is 5.97 Å². The van der Waals surface area contributed by atoms with Gasteiger partial charge in [-0.2, -0.15) is 0 Å². The Kier molecular flexibility index (Phi) is 5.75. The molecule has 1 aliphatic heterocycles. The summed E-state index contributed by atoms with van der Waals surface area (Å²) in [5.41, 5.74) is 0.711. The van der Waals surface area contributed by atoms with Crippen LogP contribution in [0.2, 0.25) is 5.02 Å². The maximum absolute atomic E-state index is 13.3. The lowest BCUT2D eigenvalue weighted by Gasteiger charge is -2.33. The minimum atomic E-state index is -0.974. The largest absolute Gasteiger partial charge is 0.480 e. The number of carboxylic acids is 1. The fourth-order valence-electron chi connectivity index (χ4n) is 4.17. The van der Waals surface area contributed by atoms with Crippen LogP contribution in [-0.4, -0.2) is 39.9 Å². The molecule has 1 saturated carbocycles. The van der Waals surface area contributed by atoms with Crippen LogP contribution in [0.4, 0.5) is 5.69 Å². The highest BCUT2D eigenvalue weighted by molar-refractivity contribution is 6.34. The molecule has 2 N–H and O–H groups in total. The maximum atomic E-state index is 13.3. The molecular weight excluding hydrogens is 368 g/mol. The van der Waals surface area contributed by atoms with Gasteiger partial charge in [-0.15, -0.1) is 0 Å². The molecule has 1 aromatic carbocycles. The molecule has 1 aromatic rings. The quantitative estimate of drug-likeness (QED) is 0.816. The number of amides is 2. The van der Waals surface area contributed by atoms with E-state index in [1.165, 1.54) is 4.90 Å². The molecule has 27 heavy (non-hydrogen) atoms. The monoisotopic (exact) mass is 392 g/mol. The molecule has 2 fully saturated rings. The zero-order valence-electron chi connectivity index (χ0n) is 15.6. The zero-order chi connectivity index (χ0) is 19.7. The second-order valence-electron chi connectivity index (χ2n) is 7.75. The lowest BCUT2D eigenvalue weighted by molar-refractivity contribution is -0.141. The van der Waals surface area contributed by atoms with E-state index in [4.69, 9.17) is 11.6 Å². The topological polar surface area (TPSA) is 86.7 Å². The van der Waals surface area contributed by atoms with Crippen molar-refractivity contribution >= 4 is 35.1 Å².